The number of amides is 1. The van der Waals surface area contributed by atoms with Crippen LogP contribution >= 0.6 is 0 Å². The van der Waals surface area contributed by atoms with Crippen LogP contribution in [0, 0.1) is 0 Å². The molecule has 2 atom stereocenters. The number of hydrogen-bond donors (Lipinski definition) is 2. The zero-order valence-corrected chi connectivity index (χ0v) is 9.95. The SMILES string of the molecule is N[C@@H]1CCN([C@H](Cc2ccccc2)C(=O)O)C1=O. The minimum absolute atomic E-state index is 0.265. The Morgan fingerprint density at radius 3 is 2.61 bits per heavy atom. The number of carbonyl (C=O) groups is 2. The molecule has 5 nitrogen and oxygen atoms in total. The van der Waals surface area contributed by atoms with Crippen molar-refractivity contribution in [2.75, 3.05) is 6.54 Å². The third-order valence-electron chi connectivity index (χ3n) is 3.21. The predicted octanol–water partition coefficient (Wildman–Crippen LogP) is 0.242. The van der Waals surface area contributed by atoms with Gasteiger partial charge in [0.05, 0.1) is 6.04 Å². The van der Waals surface area contributed by atoms with Gasteiger partial charge >= 0.3 is 5.97 Å². The fourth-order valence-electron chi connectivity index (χ4n) is 2.20. The van der Waals surface area contributed by atoms with E-state index in [0.29, 0.717) is 19.4 Å². The molecule has 18 heavy (non-hydrogen) atoms. The normalized spacial score (nSPS) is 21.1. The second kappa shape index (κ2) is 5.18. The van der Waals surface area contributed by atoms with Crippen LogP contribution in [0.5, 0.6) is 0 Å². The third kappa shape index (κ3) is 2.51. The first kappa shape index (κ1) is 12.6. The molecule has 1 aliphatic heterocycles. The van der Waals surface area contributed by atoms with Crippen molar-refractivity contribution >= 4 is 11.9 Å². The van der Waals surface area contributed by atoms with Crippen LogP contribution in [-0.4, -0.2) is 40.5 Å². The lowest BCUT2D eigenvalue weighted by Crippen LogP contribution is -2.46. The van der Waals surface area contributed by atoms with Gasteiger partial charge < -0.3 is 15.7 Å². The summed E-state index contributed by atoms with van der Waals surface area (Å²) in [6.45, 7) is 0.420. The van der Waals surface area contributed by atoms with Crippen molar-refractivity contribution in [1.82, 2.24) is 4.90 Å². The highest BCUT2D eigenvalue weighted by atomic mass is 16.4. The molecule has 5 heteroatoms. The molecule has 1 heterocycles. The van der Waals surface area contributed by atoms with E-state index in [2.05, 4.69) is 0 Å². The lowest BCUT2D eigenvalue weighted by Gasteiger charge is -2.24. The van der Waals surface area contributed by atoms with Gasteiger partial charge in [-0.15, -0.1) is 0 Å². The maximum Gasteiger partial charge on any atom is 0.326 e. The summed E-state index contributed by atoms with van der Waals surface area (Å²) < 4.78 is 0. The monoisotopic (exact) mass is 248 g/mol. The maximum absolute atomic E-state index is 11.8. The quantitative estimate of drug-likeness (QED) is 0.799. The number of carbonyl (C=O) groups excluding carboxylic acids is 1. The molecule has 96 valence electrons. The highest BCUT2D eigenvalue weighted by molar-refractivity contribution is 5.88. The number of aliphatic carboxylic acids is 1. The van der Waals surface area contributed by atoms with Crippen LogP contribution in [0.15, 0.2) is 30.3 Å². The number of nitrogens with zero attached hydrogens (tertiary/aromatic N) is 1. The number of hydrogen-bond acceptors (Lipinski definition) is 3. The molecule has 0 saturated carbocycles. The van der Waals surface area contributed by atoms with Gasteiger partial charge in [0.15, 0.2) is 0 Å². The summed E-state index contributed by atoms with van der Waals surface area (Å²) >= 11 is 0. The minimum atomic E-state index is -0.985. The Morgan fingerprint density at radius 2 is 2.11 bits per heavy atom. The average molecular weight is 248 g/mol. The summed E-state index contributed by atoms with van der Waals surface area (Å²) in [5.41, 5.74) is 6.52. The highest BCUT2D eigenvalue weighted by Crippen LogP contribution is 2.17. The predicted molar refractivity (Wildman–Crippen MR) is 65.9 cm³/mol. The number of likely N-dealkylation sites (tertiary alicyclic amines) is 1. The molecule has 1 fully saturated rings. The zero-order valence-electron chi connectivity index (χ0n) is 9.95. The van der Waals surface area contributed by atoms with E-state index < -0.39 is 18.1 Å². The van der Waals surface area contributed by atoms with E-state index in [9.17, 15) is 14.7 Å². The number of benzene rings is 1. The molecule has 2 rings (SSSR count). The van der Waals surface area contributed by atoms with Crippen molar-refractivity contribution in [1.29, 1.82) is 0 Å². The summed E-state index contributed by atoms with van der Waals surface area (Å²) in [5.74, 6) is -1.25. The Morgan fingerprint density at radius 1 is 1.44 bits per heavy atom. The van der Waals surface area contributed by atoms with Crippen LogP contribution in [-0.2, 0) is 16.0 Å². The molecule has 1 aromatic carbocycles. The van der Waals surface area contributed by atoms with Crippen LogP contribution in [0.1, 0.15) is 12.0 Å². The van der Waals surface area contributed by atoms with Crippen molar-refractivity contribution < 1.29 is 14.7 Å². The van der Waals surface area contributed by atoms with Crippen molar-refractivity contribution in [3.05, 3.63) is 35.9 Å². The van der Waals surface area contributed by atoms with E-state index in [1.165, 1.54) is 4.90 Å². The first-order valence-corrected chi connectivity index (χ1v) is 5.92. The van der Waals surface area contributed by atoms with Crippen LogP contribution in [0.3, 0.4) is 0 Å². The largest absolute Gasteiger partial charge is 0.480 e. The van der Waals surface area contributed by atoms with Crippen molar-refractivity contribution in [2.45, 2.75) is 24.9 Å². The number of nitrogens with two attached hydrogens (primary N) is 1. The summed E-state index contributed by atoms with van der Waals surface area (Å²) in [4.78, 5) is 24.5. The molecule has 0 radical (unpaired) electrons. The van der Waals surface area contributed by atoms with E-state index in [0.717, 1.165) is 5.56 Å². The van der Waals surface area contributed by atoms with Crippen molar-refractivity contribution in [3.8, 4) is 0 Å². The number of carboxylic acid groups (broad SMARTS) is 1. The van der Waals surface area contributed by atoms with Crippen LogP contribution in [0.2, 0.25) is 0 Å². The molecule has 3 N–H and O–H groups in total. The van der Waals surface area contributed by atoms with Gasteiger partial charge in [0.1, 0.15) is 6.04 Å². The van der Waals surface area contributed by atoms with Gasteiger partial charge in [-0.3, -0.25) is 4.79 Å². The molecule has 1 aromatic rings. The molecule has 1 aliphatic rings. The summed E-state index contributed by atoms with van der Waals surface area (Å²) in [6.07, 6.45) is 0.839. The third-order valence-corrected chi connectivity index (χ3v) is 3.21. The second-order valence-corrected chi connectivity index (χ2v) is 4.47. The highest BCUT2D eigenvalue weighted by Gasteiger charge is 2.37. The van der Waals surface area contributed by atoms with Crippen LogP contribution in [0.25, 0.3) is 0 Å². The van der Waals surface area contributed by atoms with E-state index in [4.69, 9.17) is 5.73 Å². The van der Waals surface area contributed by atoms with Crippen molar-refractivity contribution in [3.63, 3.8) is 0 Å². The molecule has 0 aliphatic carbocycles. The molecule has 0 spiro atoms. The van der Waals surface area contributed by atoms with E-state index in [1.54, 1.807) is 0 Å². The summed E-state index contributed by atoms with van der Waals surface area (Å²) in [6, 6.07) is 7.91. The lowest BCUT2D eigenvalue weighted by atomic mass is 10.1. The Hall–Kier alpha value is -1.88. The molecule has 0 aromatic heterocycles. The molecule has 1 saturated heterocycles. The van der Waals surface area contributed by atoms with E-state index in [-0.39, 0.29) is 5.91 Å². The van der Waals surface area contributed by atoms with Gasteiger partial charge in [-0.1, -0.05) is 30.3 Å². The molecule has 1 amide bonds. The zero-order chi connectivity index (χ0) is 13.1. The van der Waals surface area contributed by atoms with Gasteiger partial charge in [0.25, 0.3) is 0 Å². The average Bonchev–Trinajstić information content (AvgIpc) is 2.68. The maximum atomic E-state index is 11.8. The fraction of sp³-hybridized carbons (Fsp3) is 0.385. The van der Waals surface area contributed by atoms with Gasteiger partial charge in [-0.05, 0) is 12.0 Å². The topological polar surface area (TPSA) is 83.6 Å². The minimum Gasteiger partial charge on any atom is -0.480 e. The smallest absolute Gasteiger partial charge is 0.326 e. The molecule has 0 bridgehead atoms. The summed E-state index contributed by atoms with van der Waals surface area (Å²) in [7, 11) is 0. The molecular weight excluding hydrogens is 232 g/mol. The van der Waals surface area contributed by atoms with Gasteiger partial charge in [0.2, 0.25) is 5.91 Å². The Labute approximate surface area is 105 Å². The van der Waals surface area contributed by atoms with Crippen LogP contribution in [0.4, 0.5) is 0 Å². The Balaban J connectivity index is 2.15. The van der Waals surface area contributed by atoms with E-state index >= 15 is 0 Å². The van der Waals surface area contributed by atoms with Gasteiger partial charge in [-0.2, -0.15) is 0 Å². The Bertz CT molecular complexity index is 447. The molecular formula is C13H16N2O3. The summed E-state index contributed by atoms with van der Waals surface area (Å²) in [5, 5.41) is 9.26. The Kier molecular flexibility index (Phi) is 3.62. The lowest BCUT2D eigenvalue weighted by molar-refractivity contribution is -0.148. The fourth-order valence-corrected chi connectivity index (χ4v) is 2.20. The van der Waals surface area contributed by atoms with Gasteiger partial charge in [0, 0.05) is 13.0 Å². The van der Waals surface area contributed by atoms with E-state index in [1.807, 2.05) is 30.3 Å². The van der Waals surface area contributed by atoms with Crippen molar-refractivity contribution in [2.24, 2.45) is 5.73 Å². The van der Waals surface area contributed by atoms with Crippen LogP contribution < -0.4 is 5.73 Å². The number of carboxylic acids is 1. The second-order valence-electron chi connectivity index (χ2n) is 4.47. The van der Waals surface area contributed by atoms with Gasteiger partial charge in [-0.25, -0.2) is 4.79 Å². The molecule has 0 unspecified atom stereocenters. The first-order chi connectivity index (χ1) is 8.59. The standard InChI is InChI=1S/C13H16N2O3/c14-10-6-7-15(12(10)16)11(13(17)18)8-9-4-2-1-3-5-9/h1-5,10-11H,6-8,14H2,(H,17,18)/t10-,11-/m1/s1. The number of rotatable bonds is 4. The first-order valence-electron chi connectivity index (χ1n) is 5.92.